The molecule has 0 heterocycles. The molecular formula is C20H30ClFN6O. The largest absolute Gasteiger partial charge is 0.493 e. The van der Waals surface area contributed by atoms with Crippen LogP contribution >= 0.6 is 11.6 Å². The molecule has 160 valence electrons. The Morgan fingerprint density at radius 1 is 1.24 bits per heavy atom. The lowest BCUT2D eigenvalue weighted by atomic mass is 10.1. The fourth-order valence-corrected chi connectivity index (χ4v) is 2.54. The van der Waals surface area contributed by atoms with Gasteiger partial charge < -0.3 is 38.3 Å². The number of aliphatic hydroxyl groups is 1. The number of hydrogen-bond acceptors (Lipinski definition) is 7. The van der Waals surface area contributed by atoms with Crippen molar-refractivity contribution in [2.24, 2.45) is 17.2 Å². The van der Waals surface area contributed by atoms with E-state index in [0.29, 0.717) is 10.7 Å². The van der Waals surface area contributed by atoms with E-state index in [2.05, 4.69) is 16.0 Å². The Bertz CT molecular complexity index is 772. The number of benzene rings is 1. The Hall–Kier alpha value is -2.68. The molecule has 1 rings (SSSR count). The van der Waals surface area contributed by atoms with Crippen molar-refractivity contribution in [3.05, 3.63) is 76.3 Å². The van der Waals surface area contributed by atoms with Crippen LogP contribution in [0.3, 0.4) is 0 Å². The van der Waals surface area contributed by atoms with Crippen molar-refractivity contribution in [3.63, 3.8) is 0 Å². The van der Waals surface area contributed by atoms with Gasteiger partial charge in [-0.2, -0.15) is 0 Å². The SMILES string of the molecule is CNCCNCCC/C=C(\C=C/N)NC(/C=C(\N)c1cc(Cl)ccc1F)=C(/N)O. The summed E-state index contributed by atoms with van der Waals surface area (Å²) >= 11 is 5.90. The third-order valence-corrected chi connectivity index (χ3v) is 4.08. The van der Waals surface area contributed by atoms with Crippen LogP contribution in [-0.4, -0.2) is 31.8 Å². The van der Waals surface area contributed by atoms with Crippen LogP contribution in [0.15, 0.2) is 59.9 Å². The van der Waals surface area contributed by atoms with Gasteiger partial charge in [-0.25, -0.2) is 4.39 Å². The van der Waals surface area contributed by atoms with Crippen LogP contribution in [0.25, 0.3) is 5.70 Å². The fraction of sp³-hybridized carbons (Fsp3) is 0.300. The first-order valence-corrected chi connectivity index (χ1v) is 9.59. The zero-order valence-corrected chi connectivity index (χ0v) is 17.3. The number of nitrogens with two attached hydrogens (primary N) is 3. The number of rotatable bonds is 12. The molecule has 0 saturated heterocycles. The minimum atomic E-state index is -0.539. The van der Waals surface area contributed by atoms with Gasteiger partial charge in [-0.3, -0.25) is 0 Å². The van der Waals surface area contributed by atoms with Crippen molar-refractivity contribution in [2.75, 3.05) is 26.7 Å². The molecule has 0 unspecified atom stereocenters. The van der Waals surface area contributed by atoms with Crippen LogP contribution < -0.4 is 33.2 Å². The van der Waals surface area contributed by atoms with Crippen LogP contribution in [0.1, 0.15) is 18.4 Å². The van der Waals surface area contributed by atoms with E-state index >= 15 is 0 Å². The Labute approximate surface area is 176 Å². The third-order valence-electron chi connectivity index (χ3n) is 3.84. The molecule has 0 radical (unpaired) electrons. The van der Waals surface area contributed by atoms with Crippen LogP contribution in [0.4, 0.5) is 4.39 Å². The monoisotopic (exact) mass is 424 g/mol. The number of hydrogen-bond donors (Lipinski definition) is 7. The van der Waals surface area contributed by atoms with Crippen molar-refractivity contribution >= 4 is 17.3 Å². The summed E-state index contributed by atoms with van der Waals surface area (Å²) in [5, 5.41) is 19.5. The van der Waals surface area contributed by atoms with E-state index in [1.165, 1.54) is 30.5 Å². The van der Waals surface area contributed by atoms with E-state index in [9.17, 15) is 9.50 Å². The molecule has 0 spiro atoms. The van der Waals surface area contributed by atoms with E-state index in [1.807, 2.05) is 13.1 Å². The highest BCUT2D eigenvalue weighted by Gasteiger charge is 2.09. The Kier molecular flexibility index (Phi) is 11.3. The standard InChI is InChI=1S/C20H30ClFN6O/c1-26-10-11-27-9-3-2-4-15(7-8-23)28-19(20(25)29)13-18(24)16-12-14(21)5-6-17(16)22/h4-8,12-13,26-29H,2-3,9-11,23-25H2,1H3/b8-7-,15-4+,18-13-,20-19-. The van der Waals surface area contributed by atoms with Crippen molar-refractivity contribution in [1.29, 1.82) is 0 Å². The molecule has 0 fully saturated rings. The van der Waals surface area contributed by atoms with Crippen molar-refractivity contribution < 1.29 is 9.50 Å². The van der Waals surface area contributed by atoms with E-state index in [1.54, 1.807) is 6.08 Å². The molecule has 0 aliphatic carbocycles. The average molecular weight is 425 g/mol. The Morgan fingerprint density at radius 2 is 2.00 bits per heavy atom. The highest BCUT2D eigenvalue weighted by molar-refractivity contribution is 6.30. The van der Waals surface area contributed by atoms with E-state index < -0.39 is 11.7 Å². The van der Waals surface area contributed by atoms with Gasteiger partial charge in [0.25, 0.3) is 0 Å². The molecule has 1 aromatic carbocycles. The molecule has 0 bridgehead atoms. The van der Waals surface area contributed by atoms with Gasteiger partial charge >= 0.3 is 0 Å². The van der Waals surface area contributed by atoms with Crippen molar-refractivity contribution in [2.45, 2.75) is 12.8 Å². The molecule has 9 heteroatoms. The zero-order valence-electron chi connectivity index (χ0n) is 16.5. The Morgan fingerprint density at radius 3 is 2.66 bits per heavy atom. The van der Waals surface area contributed by atoms with Crippen LogP contribution in [0.2, 0.25) is 5.02 Å². The van der Waals surface area contributed by atoms with Crippen molar-refractivity contribution in [1.82, 2.24) is 16.0 Å². The predicted molar refractivity (Wildman–Crippen MR) is 118 cm³/mol. The van der Waals surface area contributed by atoms with Crippen LogP contribution in [0.5, 0.6) is 0 Å². The minimum absolute atomic E-state index is 0.0503. The minimum Gasteiger partial charge on any atom is -0.493 e. The zero-order chi connectivity index (χ0) is 21.6. The maximum absolute atomic E-state index is 14.0. The summed E-state index contributed by atoms with van der Waals surface area (Å²) in [7, 11) is 1.90. The second kappa shape index (κ2) is 13.5. The molecule has 0 aromatic heterocycles. The van der Waals surface area contributed by atoms with Gasteiger partial charge in [0.2, 0.25) is 5.88 Å². The smallest absolute Gasteiger partial charge is 0.206 e. The maximum atomic E-state index is 14.0. The summed E-state index contributed by atoms with van der Waals surface area (Å²) in [6.45, 7) is 2.67. The summed E-state index contributed by atoms with van der Waals surface area (Å²) in [6, 6.07) is 4.03. The normalized spacial score (nSPS) is 13.6. The van der Waals surface area contributed by atoms with Crippen LogP contribution in [0, 0.1) is 5.82 Å². The molecule has 7 nitrogen and oxygen atoms in total. The van der Waals surface area contributed by atoms with Crippen molar-refractivity contribution in [3.8, 4) is 0 Å². The lowest BCUT2D eigenvalue weighted by Crippen LogP contribution is -2.25. The summed E-state index contributed by atoms with van der Waals surface area (Å²) in [5.41, 5.74) is 17.9. The quantitative estimate of drug-likeness (QED) is 0.155. The molecule has 0 amide bonds. The second-order valence-electron chi connectivity index (χ2n) is 6.16. The van der Waals surface area contributed by atoms with Gasteiger partial charge in [-0.05, 0) is 63.0 Å². The molecule has 0 aliphatic rings. The molecule has 1 aromatic rings. The maximum Gasteiger partial charge on any atom is 0.206 e. The first-order chi connectivity index (χ1) is 13.9. The van der Waals surface area contributed by atoms with Gasteiger partial charge in [-0.15, -0.1) is 0 Å². The van der Waals surface area contributed by atoms with Gasteiger partial charge in [-0.1, -0.05) is 17.7 Å². The first kappa shape index (κ1) is 24.4. The Balaban J connectivity index is 2.87. The molecule has 0 saturated carbocycles. The van der Waals surface area contributed by atoms with E-state index in [4.69, 9.17) is 28.8 Å². The molecule has 10 N–H and O–H groups in total. The third kappa shape index (κ3) is 9.38. The number of unbranched alkanes of at least 4 members (excludes halogenated alkanes) is 1. The lowest BCUT2D eigenvalue weighted by molar-refractivity contribution is 0.397. The highest BCUT2D eigenvalue weighted by Crippen LogP contribution is 2.20. The average Bonchev–Trinajstić information content (AvgIpc) is 2.68. The number of aliphatic hydroxyl groups excluding tert-OH is 1. The summed E-state index contributed by atoms with van der Waals surface area (Å²) in [5.74, 6) is -1.04. The summed E-state index contributed by atoms with van der Waals surface area (Å²) < 4.78 is 14.0. The van der Waals surface area contributed by atoms with Gasteiger partial charge in [0.1, 0.15) is 11.5 Å². The molecular weight excluding hydrogens is 395 g/mol. The van der Waals surface area contributed by atoms with Gasteiger partial charge in [0, 0.05) is 35.1 Å². The summed E-state index contributed by atoms with van der Waals surface area (Å²) in [6.07, 6.45) is 7.91. The highest BCUT2D eigenvalue weighted by atomic mass is 35.5. The van der Waals surface area contributed by atoms with Gasteiger partial charge in [0.05, 0.1) is 0 Å². The molecule has 29 heavy (non-hydrogen) atoms. The summed E-state index contributed by atoms with van der Waals surface area (Å²) in [4.78, 5) is 0. The van der Waals surface area contributed by atoms with Crippen LogP contribution in [-0.2, 0) is 0 Å². The van der Waals surface area contributed by atoms with E-state index in [0.717, 1.165) is 32.5 Å². The van der Waals surface area contributed by atoms with Gasteiger partial charge in [0.15, 0.2) is 0 Å². The number of likely N-dealkylation sites (N-methyl/N-ethyl adjacent to an activating group) is 1. The number of allylic oxidation sites excluding steroid dienone is 3. The lowest BCUT2D eigenvalue weighted by Gasteiger charge is -2.12. The number of nitrogens with one attached hydrogen (secondary N) is 3. The molecule has 0 aliphatic heterocycles. The topological polar surface area (TPSA) is 134 Å². The van der Waals surface area contributed by atoms with E-state index in [-0.39, 0.29) is 17.0 Å². The first-order valence-electron chi connectivity index (χ1n) is 9.21. The predicted octanol–water partition coefficient (Wildman–Crippen LogP) is 2.00. The fourth-order valence-electron chi connectivity index (χ4n) is 2.37. The number of halogens is 2. The second-order valence-corrected chi connectivity index (χ2v) is 6.60. The molecule has 0 atom stereocenters.